The van der Waals surface area contributed by atoms with Crippen LogP contribution in [0.1, 0.15) is 25.3 Å². The minimum atomic E-state index is -4.07. The van der Waals surface area contributed by atoms with Crippen molar-refractivity contribution in [1.29, 1.82) is 0 Å². The average Bonchev–Trinajstić information content (AvgIpc) is 2.27. The Labute approximate surface area is 100 Å². The maximum Gasteiger partial charge on any atom is 0.390 e. The fourth-order valence-electron chi connectivity index (χ4n) is 1.68. The SMILES string of the molecule is CCC(Cc1ccccc1)NCCC(F)(F)F. The molecule has 0 amide bonds. The fourth-order valence-corrected chi connectivity index (χ4v) is 1.68. The van der Waals surface area contributed by atoms with E-state index in [-0.39, 0.29) is 12.6 Å². The summed E-state index contributed by atoms with van der Waals surface area (Å²) < 4.78 is 36.0. The van der Waals surface area contributed by atoms with Gasteiger partial charge in [0.15, 0.2) is 0 Å². The standard InChI is InChI=1S/C13H18F3N/c1-2-12(17-9-8-13(14,15)16)10-11-6-4-3-5-7-11/h3-7,12,17H,2,8-10H2,1H3. The highest BCUT2D eigenvalue weighted by atomic mass is 19.4. The van der Waals surface area contributed by atoms with E-state index >= 15 is 0 Å². The summed E-state index contributed by atoms with van der Waals surface area (Å²) in [5.74, 6) is 0. The van der Waals surface area contributed by atoms with Crippen LogP contribution in [0.25, 0.3) is 0 Å². The maximum atomic E-state index is 12.0. The van der Waals surface area contributed by atoms with Crippen LogP contribution in [-0.2, 0) is 6.42 Å². The van der Waals surface area contributed by atoms with E-state index in [0.29, 0.717) is 0 Å². The van der Waals surface area contributed by atoms with E-state index in [0.717, 1.165) is 18.4 Å². The first kappa shape index (κ1) is 14.0. The van der Waals surface area contributed by atoms with Crippen LogP contribution in [0.2, 0.25) is 0 Å². The van der Waals surface area contributed by atoms with E-state index in [4.69, 9.17) is 0 Å². The molecule has 1 N–H and O–H groups in total. The quantitative estimate of drug-likeness (QED) is 0.808. The first-order chi connectivity index (χ1) is 8.01. The van der Waals surface area contributed by atoms with E-state index in [1.54, 1.807) is 0 Å². The topological polar surface area (TPSA) is 12.0 Å². The summed E-state index contributed by atoms with van der Waals surface area (Å²) >= 11 is 0. The van der Waals surface area contributed by atoms with E-state index in [2.05, 4.69) is 5.32 Å². The van der Waals surface area contributed by atoms with Gasteiger partial charge in [-0.2, -0.15) is 13.2 Å². The fraction of sp³-hybridized carbons (Fsp3) is 0.538. The highest BCUT2D eigenvalue weighted by Gasteiger charge is 2.26. The third kappa shape index (κ3) is 6.31. The molecule has 4 heteroatoms. The lowest BCUT2D eigenvalue weighted by Crippen LogP contribution is -2.33. The van der Waals surface area contributed by atoms with Gasteiger partial charge < -0.3 is 5.32 Å². The smallest absolute Gasteiger partial charge is 0.313 e. The van der Waals surface area contributed by atoms with Crippen molar-refractivity contribution in [2.75, 3.05) is 6.54 Å². The molecule has 1 unspecified atom stereocenters. The van der Waals surface area contributed by atoms with Gasteiger partial charge in [-0.25, -0.2) is 0 Å². The van der Waals surface area contributed by atoms with Crippen LogP contribution in [0.4, 0.5) is 13.2 Å². The molecule has 1 nitrogen and oxygen atoms in total. The van der Waals surface area contributed by atoms with Crippen LogP contribution in [-0.4, -0.2) is 18.8 Å². The first-order valence-electron chi connectivity index (χ1n) is 5.85. The second-order valence-electron chi connectivity index (χ2n) is 4.11. The zero-order chi connectivity index (χ0) is 12.7. The Morgan fingerprint density at radius 3 is 2.35 bits per heavy atom. The van der Waals surface area contributed by atoms with Crippen molar-refractivity contribution >= 4 is 0 Å². The van der Waals surface area contributed by atoms with Crippen molar-refractivity contribution in [2.45, 2.75) is 38.4 Å². The normalized spacial score (nSPS) is 13.6. The van der Waals surface area contributed by atoms with Crippen LogP contribution >= 0.6 is 0 Å². The van der Waals surface area contributed by atoms with Gasteiger partial charge in [-0.05, 0) is 18.4 Å². The Hall–Kier alpha value is -1.03. The van der Waals surface area contributed by atoms with Gasteiger partial charge in [0, 0.05) is 12.6 Å². The van der Waals surface area contributed by atoms with Gasteiger partial charge in [-0.3, -0.25) is 0 Å². The highest BCUT2D eigenvalue weighted by Crippen LogP contribution is 2.18. The number of alkyl halides is 3. The Morgan fingerprint density at radius 1 is 1.18 bits per heavy atom. The molecule has 1 atom stereocenters. The lowest BCUT2D eigenvalue weighted by molar-refractivity contribution is -0.133. The second-order valence-corrected chi connectivity index (χ2v) is 4.11. The van der Waals surface area contributed by atoms with Crippen molar-refractivity contribution < 1.29 is 13.2 Å². The molecule has 1 rings (SSSR count). The number of hydrogen-bond acceptors (Lipinski definition) is 1. The molecule has 1 aromatic carbocycles. The Bertz CT molecular complexity index is 308. The largest absolute Gasteiger partial charge is 0.390 e. The van der Waals surface area contributed by atoms with Crippen molar-refractivity contribution in [3.63, 3.8) is 0 Å². The molecule has 0 aliphatic carbocycles. The van der Waals surface area contributed by atoms with E-state index in [1.165, 1.54) is 0 Å². The monoisotopic (exact) mass is 245 g/mol. The molecular formula is C13H18F3N. The number of nitrogens with one attached hydrogen (secondary N) is 1. The first-order valence-corrected chi connectivity index (χ1v) is 5.85. The summed E-state index contributed by atoms with van der Waals surface area (Å²) in [6.07, 6.45) is -3.24. The van der Waals surface area contributed by atoms with Gasteiger partial charge in [0.2, 0.25) is 0 Å². The van der Waals surface area contributed by atoms with Crippen molar-refractivity contribution in [3.8, 4) is 0 Å². The van der Waals surface area contributed by atoms with Crippen LogP contribution in [0.5, 0.6) is 0 Å². The Kier molecular flexibility index (Phi) is 5.48. The van der Waals surface area contributed by atoms with E-state index in [1.807, 2.05) is 37.3 Å². The summed E-state index contributed by atoms with van der Waals surface area (Å²) in [7, 11) is 0. The van der Waals surface area contributed by atoms with Crippen molar-refractivity contribution in [3.05, 3.63) is 35.9 Å². The van der Waals surface area contributed by atoms with Gasteiger partial charge >= 0.3 is 6.18 Å². The number of hydrogen-bond donors (Lipinski definition) is 1. The zero-order valence-electron chi connectivity index (χ0n) is 9.93. The molecule has 0 saturated heterocycles. The maximum absolute atomic E-state index is 12.0. The van der Waals surface area contributed by atoms with Crippen molar-refractivity contribution in [2.24, 2.45) is 0 Å². The lowest BCUT2D eigenvalue weighted by Gasteiger charge is -2.17. The van der Waals surface area contributed by atoms with Gasteiger partial charge in [0.05, 0.1) is 6.42 Å². The third-order valence-corrected chi connectivity index (χ3v) is 2.66. The molecule has 0 heterocycles. The highest BCUT2D eigenvalue weighted by molar-refractivity contribution is 5.15. The van der Waals surface area contributed by atoms with Gasteiger partial charge in [0.25, 0.3) is 0 Å². The number of halogens is 3. The van der Waals surface area contributed by atoms with Crippen LogP contribution in [0, 0.1) is 0 Å². The molecule has 0 fully saturated rings. The molecule has 0 aliphatic heterocycles. The summed E-state index contributed by atoms with van der Waals surface area (Å²) in [5, 5.41) is 2.95. The molecular weight excluding hydrogens is 227 g/mol. The molecule has 0 saturated carbocycles. The molecule has 0 bridgehead atoms. The van der Waals surface area contributed by atoms with Crippen molar-refractivity contribution in [1.82, 2.24) is 5.32 Å². The number of benzene rings is 1. The summed E-state index contributed by atoms with van der Waals surface area (Å²) in [5.41, 5.74) is 1.15. The summed E-state index contributed by atoms with van der Waals surface area (Å²) in [6, 6.07) is 9.92. The molecule has 0 aromatic heterocycles. The molecule has 1 aromatic rings. The summed E-state index contributed by atoms with van der Waals surface area (Å²) in [6.45, 7) is 1.98. The summed E-state index contributed by atoms with van der Waals surface area (Å²) in [4.78, 5) is 0. The lowest BCUT2D eigenvalue weighted by atomic mass is 10.0. The molecule has 0 radical (unpaired) electrons. The molecule has 0 spiro atoms. The molecule has 0 aliphatic rings. The predicted molar refractivity (Wildman–Crippen MR) is 62.9 cm³/mol. The van der Waals surface area contributed by atoms with E-state index in [9.17, 15) is 13.2 Å². The number of rotatable bonds is 6. The van der Waals surface area contributed by atoms with Gasteiger partial charge in [-0.1, -0.05) is 37.3 Å². The van der Waals surface area contributed by atoms with Gasteiger partial charge in [-0.15, -0.1) is 0 Å². The Balaban J connectivity index is 2.34. The van der Waals surface area contributed by atoms with Gasteiger partial charge in [0.1, 0.15) is 0 Å². The predicted octanol–water partition coefficient (Wildman–Crippen LogP) is 3.55. The Morgan fingerprint density at radius 2 is 1.82 bits per heavy atom. The second kappa shape index (κ2) is 6.64. The third-order valence-electron chi connectivity index (χ3n) is 2.66. The van der Waals surface area contributed by atoms with Crippen LogP contribution in [0.3, 0.4) is 0 Å². The minimum Gasteiger partial charge on any atom is -0.313 e. The van der Waals surface area contributed by atoms with Crippen LogP contribution < -0.4 is 5.32 Å². The average molecular weight is 245 g/mol. The zero-order valence-corrected chi connectivity index (χ0v) is 9.93. The van der Waals surface area contributed by atoms with Crippen LogP contribution in [0.15, 0.2) is 30.3 Å². The van der Waals surface area contributed by atoms with E-state index < -0.39 is 12.6 Å². The molecule has 96 valence electrons. The minimum absolute atomic E-state index is 0.00512. The molecule has 17 heavy (non-hydrogen) atoms.